The average molecular weight is 2040 g/mol. The summed E-state index contributed by atoms with van der Waals surface area (Å²) >= 11 is 0. The third-order valence-corrected chi connectivity index (χ3v) is 25.3. The zero-order valence-corrected chi connectivity index (χ0v) is 82.3. The Morgan fingerprint density at radius 2 is 0.595 bits per heavy atom. The van der Waals surface area contributed by atoms with Crippen molar-refractivity contribution in [2.45, 2.75) is 225 Å². The number of aliphatic hydroxyl groups excluding tert-OH is 4. The van der Waals surface area contributed by atoms with Gasteiger partial charge in [-0.3, -0.25) is 62.3 Å². The second kappa shape index (κ2) is 61.4. The van der Waals surface area contributed by atoms with Gasteiger partial charge in [0.2, 0.25) is 70.9 Å². The van der Waals surface area contributed by atoms with Crippen LogP contribution < -0.4 is 70.4 Å². The molecule has 792 valence electrons. The predicted molar refractivity (Wildman–Crippen MR) is 545 cm³/mol. The van der Waals surface area contributed by atoms with Gasteiger partial charge in [-0.1, -0.05) is 243 Å². The van der Waals surface area contributed by atoms with Gasteiger partial charge in [-0.15, -0.1) is 0 Å². The summed E-state index contributed by atoms with van der Waals surface area (Å²) in [7, 11) is 0. The molecule has 0 spiro atoms. The number of aliphatic carboxylic acids is 4. The molecular weight excluding hydrogens is 1910 g/mol. The average Bonchev–Trinajstić information content (AvgIpc) is 1.66. The highest BCUT2D eigenvalue weighted by atomic mass is 16.4. The summed E-state index contributed by atoms with van der Waals surface area (Å²) in [6.45, 7) is -0.909. The molecular formula is C108H136N16O24. The summed E-state index contributed by atoms with van der Waals surface area (Å²) in [5.74, 6) is -10.8. The minimum atomic E-state index is -1.46. The highest BCUT2D eigenvalue weighted by molar-refractivity contribution is 5.97. The Kier molecular flexibility index (Phi) is 48.4. The van der Waals surface area contributed by atoms with Gasteiger partial charge < -0.3 is 126 Å². The van der Waals surface area contributed by atoms with Crippen LogP contribution in [0.4, 0.5) is 0 Å². The van der Waals surface area contributed by atoms with Crippen LogP contribution in [0.5, 0.6) is 0 Å². The number of benzene rings is 8. The molecule has 0 unspecified atom stereocenters. The number of amides is 12. The molecule has 4 fully saturated rings. The molecule has 8 aromatic rings. The topological polar surface area (TPSA) is 643 Å². The molecule has 0 bridgehead atoms. The molecule has 12 rings (SSSR count). The minimum absolute atomic E-state index is 0.0220. The van der Waals surface area contributed by atoms with E-state index >= 15 is 0 Å². The van der Waals surface area contributed by atoms with Crippen LogP contribution in [0.2, 0.25) is 0 Å². The number of carbonyl (C=O) groups is 16. The Morgan fingerprint density at radius 1 is 0.291 bits per heavy atom. The van der Waals surface area contributed by atoms with Crippen molar-refractivity contribution in [3.8, 4) is 0 Å². The van der Waals surface area contributed by atoms with Gasteiger partial charge in [-0.2, -0.15) is 0 Å². The van der Waals surface area contributed by atoms with Crippen molar-refractivity contribution in [1.82, 2.24) is 67.9 Å². The van der Waals surface area contributed by atoms with Crippen molar-refractivity contribution >= 4 is 94.8 Å². The van der Waals surface area contributed by atoms with E-state index in [9.17, 15) is 112 Å². The molecule has 4 heterocycles. The zero-order chi connectivity index (χ0) is 107. The number of hydrogen-bond acceptors (Lipinski definition) is 24. The number of hydrogen-bond donors (Lipinski definition) is 21. The SMILES string of the molecule is N[C@@H](CO)C(=O)N[C@H](CC(=O)N[C@@H](Cc1ccccc1)C(=O)N1CCC[C@H]1C(=O)O)Cc1ccccc1.N[C@@H](Cc1ccccc1)C(=O)N1CCC[C@H]1C(=O)N[C@@H](CO)C(=O)N[C@H](CC(=O)O)Cc1ccccc1.N[C@H](CC(=O)N[C@@H](Cc1ccccc1)C(=O)N1CCC[C@H]1C(=O)N[C@@H](CO)C(=O)O)Cc1ccccc1.O=C(C[C@H](Cc1ccccc1)NC(=O)[C@H](CO)NC(=O)[C@@H]1CCCN1)N[C@@H](Cc1ccccc1)C(=O)O. The van der Waals surface area contributed by atoms with Gasteiger partial charge in [0, 0.05) is 82.3 Å². The highest BCUT2D eigenvalue weighted by Gasteiger charge is 2.43. The van der Waals surface area contributed by atoms with E-state index < -0.39 is 200 Å². The lowest BCUT2D eigenvalue weighted by Crippen LogP contribution is -2.57. The second-order valence-electron chi connectivity index (χ2n) is 36.8. The smallest absolute Gasteiger partial charge is 0.328 e. The molecule has 40 nitrogen and oxygen atoms in total. The number of carboxylic acids is 4. The number of nitrogens with zero attached hydrogens (tertiary/aromatic N) is 3. The molecule has 40 heteroatoms. The van der Waals surface area contributed by atoms with Crippen LogP contribution in [0.3, 0.4) is 0 Å². The summed E-state index contributed by atoms with van der Waals surface area (Å²) in [4.78, 5) is 205. The molecule has 0 aliphatic carbocycles. The fourth-order valence-corrected chi connectivity index (χ4v) is 17.8. The Morgan fingerprint density at radius 3 is 0.939 bits per heavy atom. The van der Waals surface area contributed by atoms with E-state index in [4.69, 9.17) is 22.3 Å². The first kappa shape index (κ1) is 117. The molecule has 0 aromatic heterocycles. The van der Waals surface area contributed by atoms with Crippen molar-refractivity contribution in [3.05, 3.63) is 287 Å². The lowest BCUT2D eigenvalue weighted by molar-refractivity contribution is -0.149. The first-order valence-electron chi connectivity index (χ1n) is 49.5. The van der Waals surface area contributed by atoms with Gasteiger partial charge in [0.15, 0.2) is 0 Å². The fraction of sp³-hybridized carbons (Fsp3) is 0.407. The summed E-state index contributed by atoms with van der Waals surface area (Å²) in [5.41, 5.74) is 24.9. The zero-order valence-electron chi connectivity index (χ0n) is 82.3. The van der Waals surface area contributed by atoms with Crippen LogP contribution in [0.15, 0.2) is 243 Å². The number of carbonyl (C=O) groups excluding carboxylic acids is 12. The molecule has 4 saturated heterocycles. The lowest BCUT2D eigenvalue weighted by Gasteiger charge is -2.29. The van der Waals surface area contributed by atoms with Crippen molar-refractivity contribution < 1.29 is 118 Å². The molecule has 12 amide bonds. The van der Waals surface area contributed by atoms with E-state index in [1.807, 2.05) is 218 Å². The molecule has 0 radical (unpaired) electrons. The standard InChI is InChI=1S/4C27H34N4O6/c28-21(17-32)25(34)29-20(14-18-8-3-1-4-9-18)16-24(33)30-22(15-19-10-5-2-6-11-19)26(35)31-13-7-12-23(31)27(36)37;28-20(14-18-8-3-1-4-9-18)16-24(33)29-21(15-19-10-5-2-6-11-19)26(35)31-13-7-12-23(31)25(34)30-22(17-32)27(36)37;28-21(15-19-10-5-2-6-11-19)27(37)31-13-7-12-23(31)26(36)30-22(17-32)25(35)29-20(16-24(33)34)14-18-8-3-1-4-9-18;32-17-23(31-25(34)21-12-7-13-28-21)26(35)29-20(14-18-8-3-1-4-9-18)16-24(33)30-22(27(36)37)15-19-10-5-2-6-11-19/h1-6,8-11,20-23,32H,7,12-17,28H2,(H,29,34)(H,30,33)(H,36,37);1-6,8-11,20-23,32H,7,12-17,28H2,(H,29,33)(H,30,34)(H,36,37);1-6,8-11,20-23,32H,7,12-17,28H2,(H,29,35)(H,30,36)(H,33,34);1-6,8-11,20-23,28,32H,7,12-17H2,(H,29,35)(H,30,33)(H,31,34)(H,36,37)/t4*20-,21-,22-,23-/m0000/s1. The third-order valence-electron chi connectivity index (χ3n) is 25.3. The molecule has 8 aromatic carbocycles. The maximum atomic E-state index is 13.6. The Labute approximate surface area is 857 Å². The van der Waals surface area contributed by atoms with Crippen molar-refractivity contribution in [3.63, 3.8) is 0 Å². The lowest BCUT2D eigenvalue weighted by atomic mass is 10.0. The second-order valence-corrected chi connectivity index (χ2v) is 36.8. The van der Waals surface area contributed by atoms with E-state index in [0.29, 0.717) is 96.8 Å². The largest absolute Gasteiger partial charge is 0.481 e. The molecule has 16 atom stereocenters. The Balaban J connectivity index is 0.000000219. The molecule has 148 heavy (non-hydrogen) atoms. The molecule has 0 saturated carbocycles. The van der Waals surface area contributed by atoms with E-state index in [-0.39, 0.29) is 69.1 Å². The maximum absolute atomic E-state index is 13.6. The fourth-order valence-electron chi connectivity index (χ4n) is 17.8. The van der Waals surface area contributed by atoms with Crippen molar-refractivity contribution in [1.29, 1.82) is 0 Å². The minimum Gasteiger partial charge on any atom is -0.481 e. The van der Waals surface area contributed by atoms with E-state index in [2.05, 4.69) is 53.2 Å². The Hall–Kier alpha value is -15.0. The summed E-state index contributed by atoms with van der Waals surface area (Å²) in [6.07, 6.45) is 6.01. The monoisotopic (exact) mass is 2040 g/mol. The van der Waals surface area contributed by atoms with Crippen LogP contribution in [0, 0.1) is 0 Å². The van der Waals surface area contributed by atoms with Crippen LogP contribution in [-0.4, -0.2) is 300 Å². The first-order valence-corrected chi connectivity index (χ1v) is 49.5. The van der Waals surface area contributed by atoms with Gasteiger partial charge in [0.1, 0.15) is 60.4 Å². The van der Waals surface area contributed by atoms with E-state index in [0.717, 1.165) is 50.9 Å². The molecule has 24 N–H and O–H groups in total. The van der Waals surface area contributed by atoms with Crippen molar-refractivity contribution in [2.24, 2.45) is 17.2 Å². The predicted octanol–water partition coefficient (Wildman–Crippen LogP) is 0.825. The summed E-state index contributed by atoms with van der Waals surface area (Å²) < 4.78 is 0. The number of nitrogens with one attached hydrogen (secondary N) is 10. The van der Waals surface area contributed by atoms with Gasteiger partial charge in [-0.05, 0) is 135 Å². The first-order chi connectivity index (χ1) is 71.2. The number of aliphatic hydroxyl groups is 4. The number of rotatable bonds is 49. The molecule has 4 aliphatic rings. The Bertz CT molecular complexity index is 5600. The van der Waals surface area contributed by atoms with Gasteiger partial charge in [0.05, 0.1) is 44.9 Å². The van der Waals surface area contributed by atoms with E-state index in [1.54, 1.807) is 24.3 Å². The summed E-state index contributed by atoms with van der Waals surface area (Å²) in [6, 6.07) is 59.4. The van der Waals surface area contributed by atoms with Crippen molar-refractivity contribution in [2.75, 3.05) is 52.6 Å². The maximum Gasteiger partial charge on any atom is 0.328 e. The van der Waals surface area contributed by atoms with Gasteiger partial charge in [0.25, 0.3) is 0 Å². The van der Waals surface area contributed by atoms with E-state index in [1.165, 1.54) is 14.7 Å². The molecule has 4 aliphatic heterocycles. The number of likely N-dealkylation sites (tertiary alicyclic amines) is 3. The van der Waals surface area contributed by atoms with Crippen LogP contribution in [0.1, 0.15) is 122 Å². The quantitative estimate of drug-likeness (QED) is 0.0251. The van der Waals surface area contributed by atoms with Crippen LogP contribution in [0.25, 0.3) is 0 Å². The number of nitrogens with two attached hydrogens (primary N) is 3. The van der Waals surface area contributed by atoms with Crippen LogP contribution in [-0.2, 0) is 128 Å². The van der Waals surface area contributed by atoms with Gasteiger partial charge >= 0.3 is 23.9 Å². The summed E-state index contributed by atoms with van der Waals surface area (Å²) in [5, 5.41) is 102. The highest BCUT2D eigenvalue weighted by Crippen LogP contribution is 2.25. The van der Waals surface area contributed by atoms with Crippen LogP contribution >= 0.6 is 0 Å². The normalized spacial score (nSPS) is 17.4. The van der Waals surface area contributed by atoms with Gasteiger partial charge in [-0.25, -0.2) is 14.4 Å². The third kappa shape index (κ3) is 39.1. The number of carboxylic acid groups (broad SMARTS) is 4.